The minimum Gasteiger partial charge on any atom is -0.479 e. The Bertz CT molecular complexity index is 1100. The summed E-state index contributed by atoms with van der Waals surface area (Å²) in [6.45, 7) is 9.46. The van der Waals surface area contributed by atoms with Crippen molar-refractivity contribution in [3.05, 3.63) is 88.5 Å². The number of benzene rings is 3. The van der Waals surface area contributed by atoms with Crippen molar-refractivity contribution in [2.75, 3.05) is 5.32 Å². The van der Waals surface area contributed by atoms with Crippen molar-refractivity contribution in [1.29, 1.82) is 0 Å². The molecule has 0 radical (unpaired) electrons. The molecular weight excluding hydrogens is 390 g/mol. The Morgan fingerprint density at radius 1 is 0.806 bits per heavy atom. The van der Waals surface area contributed by atoms with Gasteiger partial charge in [-0.15, -0.1) is 0 Å². The topological polar surface area (TPSA) is 64.6 Å². The van der Waals surface area contributed by atoms with Crippen LogP contribution in [-0.2, 0) is 4.79 Å². The smallest absolute Gasteiger partial charge is 0.352 e. The molecule has 0 aromatic heterocycles. The fourth-order valence-corrected chi connectivity index (χ4v) is 3.01. The van der Waals surface area contributed by atoms with Crippen molar-refractivity contribution in [2.24, 2.45) is 0 Å². The first-order valence-electron chi connectivity index (χ1n) is 10.2. The molecule has 1 amide bonds. The van der Waals surface area contributed by atoms with Crippen LogP contribution >= 0.6 is 0 Å². The lowest BCUT2D eigenvalue weighted by Crippen LogP contribution is -2.28. The van der Waals surface area contributed by atoms with Gasteiger partial charge in [0.15, 0.2) is 6.10 Å². The maximum Gasteiger partial charge on any atom is 0.352 e. The number of amides is 1. The summed E-state index contributed by atoms with van der Waals surface area (Å²) in [6, 6.07) is 18.2. The van der Waals surface area contributed by atoms with Crippen molar-refractivity contribution in [1.82, 2.24) is 0 Å². The first kappa shape index (κ1) is 22.1. The van der Waals surface area contributed by atoms with Crippen LogP contribution < -0.4 is 14.8 Å². The van der Waals surface area contributed by atoms with Crippen molar-refractivity contribution in [2.45, 2.75) is 40.7 Å². The van der Waals surface area contributed by atoms with Crippen molar-refractivity contribution < 1.29 is 19.1 Å². The zero-order chi connectivity index (χ0) is 22.5. The highest BCUT2D eigenvalue weighted by Gasteiger charge is 2.18. The summed E-state index contributed by atoms with van der Waals surface area (Å²) in [5.74, 6) is 0.277. The highest BCUT2D eigenvalue weighted by atomic mass is 16.6. The van der Waals surface area contributed by atoms with Crippen LogP contribution in [0.15, 0.2) is 60.7 Å². The van der Waals surface area contributed by atoms with E-state index in [0.717, 1.165) is 27.9 Å². The Morgan fingerprint density at radius 2 is 1.42 bits per heavy atom. The number of esters is 1. The van der Waals surface area contributed by atoms with Crippen LogP contribution in [0.4, 0.5) is 5.69 Å². The molecule has 0 aliphatic carbocycles. The summed E-state index contributed by atoms with van der Waals surface area (Å²) in [5.41, 5.74) is 5.31. The van der Waals surface area contributed by atoms with Gasteiger partial charge in [0.25, 0.3) is 5.91 Å². The number of hydrogen-bond acceptors (Lipinski definition) is 4. The van der Waals surface area contributed by atoms with E-state index in [4.69, 9.17) is 9.47 Å². The molecule has 160 valence electrons. The summed E-state index contributed by atoms with van der Waals surface area (Å²) >= 11 is 0. The van der Waals surface area contributed by atoms with E-state index in [9.17, 15) is 9.59 Å². The standard InChI is InChI=1S/C26H27NO4/c1-16-6-8-18(3)23(14-16)27-25(28)21-10-12-22(13-11-21)31-26(29)20(5)30-24-15-17(2)7-9-19(24)4/h6-15,20H,1-5H3,(H,27,28). The number of aryl methyl sites for hydroxylation is 4. The lowest BCUT2D eigenvalue weighted by Gasteiger charge is -2.16. The Balaban J connectivity index is 1.61. The van der Waals surface area contributed by atoms with Gasteiger partial charge in [0.1, 0.15) is 11.5 Å². The first-order chi connectivity index (χ1) is 14.7. The van der Waals surface area contributed by atoms with Gasteiger partial charge in [-0.3, -0.25) is 4.79 Å². The third-order valence-electron chi connectivity index (χ3n) is 4.96. The zero-order valence-corrected chi connectivity index (χ0v) is 18.5. The summed E-state index contributed by atoms with van der Waals surface area (Å²) in [5, 5.41) is 2.92. The highest BCUT2D eigenvalue weighted by molar-refractivity contribution is 6.04. The van der Waals surface area contributed by atoms with Gasteiger partial charge in [-0.25, -0.2) is 4.79 Å². The minimum absolute atomic E-state index is 0.224. The Morgan fingerprint density at radius 3 is 2.10 bits per heavy atom. The SMILES string of the molecule is Cc1ccc(C)c(NC(=O)c2ccc(OC(=O)C(C)Oc3cc(C)ccc3C)cc2)c1. The molecule has 0 saturated carbocycles. The van der Waals surface area contributed by atoms with Gasteiger partial charge in [0, 0.05) is 11.3 Å². The average Bonchev–Trinajstić information content (AvgIpc) is 2.73. The number of carbonyl (C=O) groups is 2. The molecule has 0 aliphatic heterocycles. The molecule has 3 rings (SSSR count). The molecule has 3 aromatic carbocycles. The lowest BCUT2D eigenvalue weighted by atomic mass is 10.1. The first-order valence-corrected chi connectivity index (χ1v) is 10.2. The number of hydrogen-bond donors (Lipinski definition) is 1. The van der Waals surface area contributed by atoms with Crippen LogP contribution in [0.5, 0.6) is 11.5 Å². The molecule has 31 heavy (non-hydrogen) atoms. The quantitative estimate of drug-likeness (QED) is 0.422. The molecule has 0 fully saturated rings. The Labute approximate surface area is 183 Å². The maximum atomic E-state index is 12.5. The number of anilines is 1. The van der Waals surface area contributed by atoms with Gasteiger partial charge in [0.2, 0.25) is 0 Å². The lowest BCUT2D eigenvalue weighted by molar-refractivity contribution is -0.141. The van der Waals surface area contributed by atoms with Crippen LogP contribution in [0.25, 0.3) is 0 Å². The van der Waals surface area contributed by atoms with Gasteiger partial charge in [-0.1, -0.05) is 24.3 Å². The predicted octanol–water partition coefficient (Wildman–Crippen LogP) is 5.55. The molecule has 0 heterocycles. The molecule has 5 nitrogen and oxygen atoms in total. The van der Waals surface area contributed by atoms with E-state index < -0.39 is 12.1 Å². The summed E-state index contributed by atoms with van der Waals surface area (Å²) in [4.78, 5) is 25.0. The van der Waals surface area contributed by atoms with E-state index in [-0.39, 0.29) is 5.91 Å². The molecule has 5 heteroatoms. The summed E-state index contributed by atoms with van der Waals surface area (Å²) < 4.78 is 11.2. The van der Waals surface area contributed by atoms with Crippen LogP contribution in [0.1, 0.15) is 39.5 Å². The Kier molecular flexibility index (Phi) is 6.75. The molecule has 1 N–H and O–H groups in total. The van der Waals surface area contributed by atoms with Gasteiger partial charge in [-0.2, -0.15) is 0 Å². The molecule has 1 unspecified atom stereocenters. The third kappa shape index (κ3) is 5.72. The number of nitrogens with one attached hydrogen (secondary N) is 1. The monoisotopic (exact) mass is 417 g/mol. The van der Waals surface area contributed by atoms with Gasteiger partial charge in [0.05, 0.1) is 0 Å². The molecular formula is C26H27NO4. The number of ether oxygens (including phenoxy) is 2. The second-order valence-corrected chi connectivity index (χ2v) is 7.75. The molecule has 3 aromatic rings. The fourth-order valence-electron chi connectivity index (χ4n) is 3.01. The molecule has 0 spiro atoms. The maximum absolute atomic E-state index is 12.5. The van der Waals surface area contributed by atoms with E-state index in [2.05, 4.69) is 5.32 Å². The second kappa shape index (κ2) is 9.47. The van der Waals surface area contributed by atoms with E-state index in [0.29, 0.717) is 17.1 Å². The predicted molar refractivity (Wildman–Crippen MR) is 122 cm³/mol. The van der Waals surface area contributed by atoms with Gasteiger partial charge < -0.3 is 14.8 Å². The Hall–Kier alpha value is -3.60. The van der Waals surface area contributed by atoms with Crippen molar-refractivity contribution in [3.8, 4) is 11.5 Å². The van der Waals surface area contributed by atoms with E-state index in [1.54, 1.807) is 31.2 Å². The molecule has 0 aliphatic rings. The second-order valence-electron chi connectivity index (χ2n) is 7.75. The molecule has 0 bridgehead atoms. The molecule has 1 atom stereocenters. The fraction of sp³-hybridized carbons (Fsp3) is 0.231. The number of carbonyl (C=O) groups excluding carboxylic acids is 2. The largest absolute Gasteiger partial charge is 0.479 e. The minimum atomic E-state index is -0.771. The van der Waals surface area contributed by atoms with Crippen LogP contribution in [0.3, 0.4) is 0 Å². The zero-order valence-electron chi connectivity index (χ0n) is 18.5. The normalized spacial score (nSPS) is 11.5. The van der Waals surface area contributed by atoms with E-state index >= 15 is 0 Å². The van der Waals surface area contributed by atoms with Crippen molar-refractivity contribution >= 4 is 17.6 Å². The number of rotatable bonds is 6. The van der Waals surface area contributed by atoms with Gasteiger partial charge >= 0.3 is 5.97 Å². The highest BCUT2D eigenvalue weighted by Crippen LogP contribution is 2.22. The summed E-state index contributed by atoms with van der Waals surface area (Å²) in [7, 11) is 0. The van der Waals surface area contributed by atoms with E-state index in [1.807, 2.05) is 64.1 Å². The van der Waals surface area contributed by atoms with Crippen LogP contribution in [-0.4, -0.2) is 18.0 Å². The van der Waals surface area contributed by atoms with E-state index in [1.165, 1.54) is 0 Å². The summed E-state index contributed by atoms with van der Waals surface area (Å²) in [6.07, 6.45) is -0.771. The van der Waals surface area contributed by atoms with Crippen LogP contribution in [0.2, 0.25) is 0 Å². The van der Waals surface area contributed by atoms with Gasteiger partial charge in [-0.05, 0) is 93.3 Å². The van der Waals surface area contributed by atoms with Crippen LogP contribution in [0, 0.1) is 27.7 Å². The molecule has 0 saturated heterocycles. The van der Waals surface area contributed by atoms with Crippen molar-refractivity contribution in [3.63, 3.8) is 0 Å². The average molecular weight is 418 g/mol. The third-order valence-corrected chi connectivity index (χ3v) is 4.96.